The number of hydrogen-bond acceptors (Lipinski definition) is 4. The number of unbranched alkanes of at least 4 members (excludes halogenated alkanes) is 12. The SMILES string of the molecule is CCCCCCCCCc1c(O)cc(N(C(C)O)C(C)O)c(C)c1CCCCCCCCC. The molecule has 1 rings (SSSR count). The molecule has 1 aromatic rings. The maximum Gasteiger partial charge on any atom is 0.126 e. The minimum atomic E-state index is -0.830. The summed E-state index contributed by atoms with van der Waals surface area (Å²) in [6, 6.07) is 1.75. The van der Waals surface area contributed by atoms with Gasteiger partial charge in [-0.2, -0.15) is 0 Å². The summed E-state index contributed by atoms with van der Waals surface area (Å²) in [5.41, 5.74) is 4.11. The smallest absolute Gasteiger partial charge is 0.126 e. The van der Waals surface area contributed by atoms with Crippen LogP contribution in [0.15, 0.2) is 6.07 Å². The number of aromatic hydroxyl groups is 1. The molecule has 0 aliphatic rings. The molecule has 0 fully saturated rings. The van der Waals surface area contributed by atoms with E-state index in [1.807, 2.05) is 0 Å². The minimum absolute atomic E-state index is 0.311. The summed E-state index contributed by atoms with van der Waals surface area (Å²) in [7, 11) is 0. The van der Waals surface area contributed by atoms with Gasteiger partial charge in [-0.25, -0.2) is 0 Å². The summed E-state index contributed by atoms with van der Waals surface area (Å²) in [6.07, 6.45) is 17.8. The molecule has 3 N–H and O–H groups in total. The highest BCUT2D eigenvalue weighted by molar-refractivity contribution is 5.63. The lowest BCUT2D eigenvalue weighted by molar-refractivity contribution is 0.105. The van der Waals surface area contributed by atoms with E-state index in [9.17, 15) is 15.3 Å². The first-order chi connectivity index (χ1) is 15.8. The number of phenolic OH excluding ortho intramolecular Hbond substituents is 1. The van der Waals surface area contributed by atoms with Crippen LogP contribution < -0.4 is 4.90 Å². The van der Waals surface area contributed by atoms with Gasteiger partial charge in [0.2, 0.25) is 0 Å². The van der Waals surface area contributed by atoms with Gasteiger partial charge in [-0.3, -0.25) is 0 Å². The molecule has 1 aromatic carbocycles. The normalized spacial score (nSPS) is 13.3. The van der Waals surface area contributed by atoms with Crippen LogP contribution >= 0.6 is 0 Å². The lowest BCUT2D eigenvalue weighted by Gasteiger charge is -2.33. The molecule has 0 saturated heterocycles. The maximum atomic E-state index is 11.0. The lowest BCUT2D eigenvalue weighted by atomic mass is 9.90. The molecule has 0 aliphatic carbocycles. The Morgan fingerprint density at radius 2 is 1.06 bits per heavy atom. The number of aliphatic hydroxyl groups is 2. The number of rotatable bonds is 19. The zero-order chi connectivity index (χ0) is 24.6. The fourth-order valence-electron chi connectivity index (χ4n) is 4.98. The number of aliphatic hydroxyl groups excluding tert-OH is 2. The third kappa shape index (κ3) is 10.7. The Kier molecular flexibility index (Phi) is 15.5. The molecule has 0 heterocycles. The predicted octanol–water partition coefficient (Wildman–Crippen LogP) is 7.77. The van der Waals surface area contributed by atoms with Gasteiger partial charge in [0.1, 0.15) is 18.2 Å². The van der Waals surface area contributed by atoms with Crippen LogP contribution in [0.4, 0.5) is 5.69 Å². The maximum absolute atomic E-state index is 11.0. The summed E-state index contributed by atoms with van der Waals surface area (Å²) in [4.78, 5) is 1.58. The van der Waals surface area contributed by atoms with E-state index in [4.69, 9.17) is 0 Å². The second-order valence-corrected chi connectivity index (χ2v) is 9.91. The molecular formula is C29H53NO3. The van der Waals surface area contributed by atoms with Gasteiger partial charge in [0.05, 0.1) is 0 Å². The first-order valence-electron chi connectivity index (χ1n) is 13.8. The highest BCUT2D eigenvalue weighted by Gasteiger charge is 2.23. The number of phenols is 1. The van der Waals surface area contributed by atoms with Crippen molar-refractivity contribution in [1.29, 1.82) is 0 Å². The molecule has 0 bridgehead atoms. The van der Waals surface area contributed by atoms with Crippen LogP contribution in [-0.2, 0) is 12.8 Å². The van der Waals surface area contributed by atoms with Gasteiger partial charge in [-0.15, -0.1) is 0 Å². The van der Waals surface area contributed by atoms with E-state index in [0.29, 0.717) is 5.75 Å². The molecule has 0 radical (unpaired) electrons. The van der Waals surface area contributed by atoms with E-state index in [2.05, 4.69) is 20.8 Å². The summed E-state index contributed by atoms with van der Waals surface area (Å²) in [5, 5.41) is 31.5. The van der Waals surface area contributed by atoms with Crippen LogP contribution in [0, 0.1) is 6.92 Å². The zero-order valence-electron chi connectivity index (χ0n) is 22.3. The van der Waals surface area contributed by atoms with Crippen LogP contribution in [0.3, 0.4) is 0 Å². The second-order valence-electron chi connectivity index (χ2n) is 9.91. The first kappa shape index (κ1) is 29.8. The van der Waals surface area contributed by atoms with E-state index in [-0.39, 0.29) is 0 Å². The average molecular weight is 464 g/mol. The van der Waals surface area contributed by atoms with E-state index < -0.39 is 12.5 Å². The topological polar surface area (TPSA) is 63.9 Å². The minimum Gasteiger partial charge on any atom is -0.508 e. The highest BCUT2D eigenvalue weighted by Crippen LogP contribution is 2.36. The van der Waals surface area contributed by atoms with Crippen LogP contribution in [0.5, 0.6) is 5.75 Å². The van der Waals surface area contributed by atoms with Gasteiger partial charge >= 0.3 is 0 Å². The quantitative estimate of drug-likeness (QED) is 0.145. The Balaban J connectivity index is 2.94. The van der Waals surface area contributed by atoms with Crippen molar-refractivity contribution < 1.29 is 15.3 Å². The fourth-order valence-corrected chi connectivity index (χ4v) is 4.98. The van der Waals surface area contributed by atoms with Crippen molar-refractivity contribution in [3.63, 3.8) is 0 Å². The Morgan fingerprint density at radius 3 is 1.48 bits per heavy atom. The zero-order valence-corrected chi connectivity index (χ0v) is 22.3. The van der Waals surface area contributed by atoms with Gasteiger partial charge in [0, 0.05) is 11.8 Å². The van der Waals surface area contributed by atoms with Crippen LogP contribution in [0.1, 0.15) is 134 Å². The van der Waals surface area contributed by atoms with Crippen molar-refractivity contribution in [2.24, 2.45) is 0 Å². The molecule has 192 valence electrons. The molecule has 4 nitrogen and oxygen atoms in total. The number of hydrogen-bond donors (Lipinski definition) is 3. The highest BCUT2D eigenvalue weighted by atomic mass is 16.3. The first-order valence-corrected chi connectivity index (χ1v) is 13.8. The summed E-state index contributed by atoms with van der Waals surface area (Å²) >= 11 is 0. The molecule has 0 aromatic heterocycles. The van der Waals surface area contributed by atoms with Crippen molar-refractivity contribution in [3.05, 3.63) is 22.8 Å². The van der Waals surface area contributed by atoms with Gasteiger partial charge in [0.15, 0.2) is 0 Å². The molecule has 0 amide bonds. The largest absolute Gasteiger partial charge is 0.508 e. The van der Waals surface area contributed by atoms with E-state index >= 15 is 0 Å². The molecule has 33 heavy (non-hydrogen) atoms. The summed E-state index contributed by atoms with van der Waals surface area (Å²) in [6.45, 7) is 9.89. The van der Waals surface area contributed by atoms with E-state index in [1.165, 1.54) is 82.6 Å². The summed E-state index contributed by atoms with van der Waals surface area (Å²) < 4.78 is 0. The van der Waals surface area contributed by atoms with E-state index in [1.54, 1.807) is 24.8 Å². The third-order valence-electron chi connectivity index (χ3n) is 6.93. The van der Waals surface area contributed by atoms with Gasteiger partial charge < -0.3 is 20.2 Å². The molecular weight excluding hydrogens is 410 g/mol. The van der Waals surface area contributed by atoms with Crippen molar-refractivity contribution in [1.82, 2.24) is 0 Å². The Hall–Kier alpha value is -1.26. The van der Waals surface area contributed by atoms with E-state index in [0.717, 1.165) is 42.5 Å². The number of benzene rings is 1. The molecule has 4 heteroatoms. The second kappa shape index (κ2) is 17.2. The molecule has 0 spiro atoms. The molecule has 0 saturated carbocycles. The predicted molar refractivity (Wildman–Crippen MR) is 142 cm³/mol. The third-order valence-corrected chi connectivity index (χ3v) is 6.93. The molecule has 0 aliphatic heterocycles. The van der Waals surface area contributed by atoms with Crippen molar-refractivity contribution in [2.75, 3.05) is 4.90 Å². The van der Waals surface area contributed by atoms with Gasteiger partial charge in [0.25, 0.3) is 0 Å². The Morgan fingerprint density at radius 1 is 0.667 bits per heavy atom. The Bertz CT molecular complexity index is 634. The van der Waals surface area contributed by atoms with Crippen LogP contribution in [0.25, 0.3) is 0 Å². The van der Waals surface area contributed by atoms with Crippen molar-refractivity contribution in [3.8, 4) is 5.75 Å². The molecule has 2 atom stereocenters. The molecule has 2 unspecified atom stereocenters. The van der Waals surface area contributed by atoms with Gasteiger partial charge in [-0.1, -0.05) is 90.9 Å². The standard InChI is InChI=1S/C29H53NO3/c1-6-8-10-12-14-16-18-20-26-23(3)28(30(24(4)31)25(5)32)22-29(33)27(26)21-19-17-15-13-11-9-7-2/h22,24-25,31-33H,6-21H2,1-5H3. The number of nitrogens with zero attached hydrogens (tertiary/aromatic N) is 1. The van der Waals surface area contributed by atoms with Gasteiger partial charge in [-0.05, 0) is 63.1 Å². The monoisotopic (exact) mass is 463 g/mol. The van der Waals surface area contributed by atoms with Crippen molar-refractivity contribution in [2.45, 2.75) is 150 Å². The van der Waals surface area contributed by atoms with Crippen LogP contribution in [0.2, 0.25) is 0 Å². The Labute approximate surface area is 204 Å². The lowest BCUT2D eigenvalue weighted by Crippen LogP contribution is -2.40. The summed E-state index contributed by atoms with van der Waals surface area (Å²) in [5.74, 6) is 0.311. The van der Waals surface area contributed by atoms with Crippen molar-refractivity contribution >= 4 is 5.69 Å². The van der Waals surface area contributed by atoms with Crippen LogP contribution in [-0.4, -0.2) is 27.8 Å². The number of anilines is 1. The average Bonchev–Trinajstić information content (AvgIpc) is 2.76. The fraction of sp³-hybridized carbons (Fsp3) is 0.793.